The molecule has 2 atom stereocenters. The Labute approximate surface area is 152 Å². The zero-order chi connectivity index (χ0) is 18.8. The maximum Gasteiger partial charge on any atom is 0.322 e. The number of carbonyl (C=O) groups is 1. The quantitative estimate of drug-likeness (QED) is 0.882. The molecule has 1 aliphatic rings. The van der Waals surface area contributed by atoms with E-state index in [4.69, 9.17) is 0 Å². The monoisotopic (exact) mass is 358 g/mol. The van der Waals surface area contributed by atoms with Gasteiger partial charge in [0.05, 0.1) is 24.0 Å². The Morgan fingerprint density at radius 1 is 1.31 bits per heavy atom. The Bertz CT molecular complexity index is 840. The number of piperidine rings is 1. The van der Waals surface area contributed by atoms with Crippen molar-refractivity contribution in [3.63, 3.8) is 0 Å². The molecule has 0 bridgehead atoms. The van der Waals surface area contributed by atoms with Crippen LogP contribution in [0.3, 0.4) is 0 Å². The van der Waals surface area contributed by atoms with E-state index in [1.807, 2.05) is 37.3 Å². The first-order valence-electron chi connectivity index (χ1n) is 8.98. The summed E-state index contributed by atoms with van der Waals surface area (Å²) in [4.78, 5) is 27.3. The predicted molar refractivity (Wildman–Crippen MR) is 101 cm³/mol. The normalized spacial score (nSPS) is 20.2. The number of nitrogens with one attached hydrogen (secondary N) is 1. The van der Waals surface area contributed by atoms with Crippen LogP contribution in [0.25, 0.3) is 5.69 Å². The van der Waals surface area contributed by atoms with Gasteiger partial charge in [0.25, 0.3) is 5.56 Å². The van der Waals surface area contributed by atoms with Crippen LogP contribution in [0.2, 0.25) is 0 Å². The van der Waals surface area contributed by atoms with E-state index in [0.717, 1.165) is 18.5 Å². The van der Waals surface area contributed by atoms with E-state index in [1.165, 1.54) is 4.68 Å². The van der Waals surface area contributed by atoms with E-state index >= 15 is 0 Å². The third-order valence-electron chi connectivity index (χ3n) is 5.35. The van der Waals surface area contributed by atoms with Crippen molar-refractivity contribution >= 4 is 11.7 Å². The molecule has 2 amide bonds. The number of hydrogen-bond acceptors (Lipinski definition) is 3. The summed E-state index contributed by atoms with van der Waals surface area (Å²) in [6, 6.07) is 8.76. The zero-order valence-corrected chi connectivity index (χ0v) is 15.5. The second-order valence-corrected chi connectivity index (χ2v) is 6.93. The standard InChI is InChI=1S/C19H26N4O3/c1-13-8-7-11-22(16(13)12-24)19(26)20-17-14(2)21(3)23(18(17)25)15-9-5-4-6-10-15/h4-6,9-10,13,16,24H,7-8,11-12H2,1-3H3,(H,20,26)/t13-,16-/m1/s1. The molecule has 2 N–H and O–H groups in total. The molecule has 0 saturated carbocycles. The minimum Gasteiger partial charge on any atom is -0.394 e. The summed E-state index contributed by atoms with van der Waals surface area (Å²) in [6.07, 6.45) is 1.88. The van der Waals surface area contributed by atoms with Crippen LogP contribution in [0.15, 0.2) is 35.1 Å². The van der Waals surface area contributed by atoms with Gasteiger partial charge in [0, 0.05) is 13.6 Å². The third kappa shape index (κ3) is 3.14. The average Bonchev–Trinajstić information content (AvgIpc) is 2.85. The highest BCUT2D eigenvalue weighted by atomic mass is 16.3. The van der Waals surface area contributed by atoms with E-state index in [0.29, 0.717) is 12.2 Å². The summed E-state index contributed by atoms with van der Waals surface area (Å²) in [7, 11) is 1.79. The van der Waals surface area contributed by atoms with Crippen LogP contribution in [-0.2, 0) is 7.05 Å². The van der Waals surface area contributed by atoms with Gasteiger partial charge in [-0.1, -0.05) is 25.1 Å². The number of aromatic nitrogens is 2. The number of aliphatic hydroxyl groups excluding tert-OH is 1. The van der Waals surface area contributed by atoms with Crippen LogP contribution in [0.5, 0.6) is 0 Å². The fraction of sp³-hybridized carbons (Fsp3) is 0.474. The molecule has 0 radical (unpaired) electrons. The van der Waals surface area contributed by atoms with E-state index in [1.54, 1.807) is 23.6 Å². The topological polar surface area (TPSA) is 79.5 Å². The van der Waals surface area contributed by atoms with Gasteiger partial charge in [0.2, 0.25) is 0 Å². The lowest BCUT2D eigenvalue weighted by atomic mass is 9.91. The maximum absolute atomic E-state index is 12.9. The second kappa shape index (κ2) is 7.37. The molecule has 1 fully saturated rings. The van der Waals surface area contributed by atoms with Crippen LogP contribution in [-0.4, -0.2) is 44.6 Å². The molecule has 7 heteroatoms. The molecular formula is C19H26N4O3. The molecule has 2 aromatic rings. The van der Waals surface area contributed by atoms with Gasteiger partial charge in [-0.2, -0.15) is 0 Å². The number of likely N-dealkylation sites (tertiary alicyclic amines) is 1. The van der Waals surface area contributed by atoms with Crippen LogP contribution >= 0.6 is 0 Å². The first kappa shape index (κ1) is 18.3. The Balaban J connectivity index is 1.91. The van der Waals surface area contributed by atoms with Gasteiger partial charge in [0.15, 0.2) is 0 Å². The largest absolute Gasteiger partial charge is 0.394 e. The molecule has 1 aromatic heterocycles. The lowest BCUT2D eigenvalue weighted by Crippen LogP contribution is -2.51. The van der Waals surface area contributed by atoms with Crippen molar-refractivity contribution in [2.24, 2.45) is 13.0 Å². The molecule has 26 heavy (non-hydrogen) atoms. The van der Waals surface area contributed by atoms with Crippen molar-refractivity contribution in [2.75, 3.05) is 18.5 Å². The van der Waals surface area contributed by atoms with Crippen LogP contribution in [0.1, 0.15) is 25.5 Å². The molecule has 1 aliphatic heterocycles. The summed E-state index contributed by atoms with van der Waals surface area (Å²) < 4.78 is 3.27. The van der Waals surface area contributed by atoms with Crippen molar-refractivity contribution in [3.05, 3.63) is 46.4 Å². The van der Waals surface area contributed by atoms with Crippen molar-refractivity contribution in [1.82, 2.24) is 14.3 Å². The average molecular weight is 358 g/mol. The minimum atomic E-state index is -0.332. The molecule has 1 aromatic carbocycles. The Hall–Kier alpha value is -2.54. The Morgan fingerprint density at radius 3 is 2.65 bits per heavy atom. The maximum atomic E-state index is 12.9. The number of para-hydroxylation sites is 1. The molecule has 0 spiro atoms. The number of hydrogen-bond donors (Lipinski definition) is 2. The fourth-order valence-corrected chi connectivity index (χ4v) is 3.67. The number of anilines is 1. The first-order valence-corrected chi connectivity index (χ1v) is 8.98. The zero-order valence-electron chi connectivity index (χ0n) is 15.5. The number of urea groups is 1. The molecule has 7 nitrogen and oxygen atoms in total. The lowest BCUT2D eigenvalue weighted by Gasteiger charge is -2.38. The summed E-state index contributed by atoms with van der Waals surface area (Å²) in [6.45, 7) is 4.35. The molecule has 3 rings (SSSR count). The number of rotatable bonds is 3. The molecule has 1 saturated heterocycles. The Kier molecular flexibility index (Phi) is 5.18. The number of amides is 2. The van der Waals surface area contributed by atoms with Gasteiger partial charge in [-0.25, -0.2) is 9.48 Å². The van der Waals surface area contributed by atoms with E-state index in [-0.39, 0.29) is 35.8 Å². The second-order valence-electron chi connectivity index (χ2n) is 6.93. The fourth-order valence-electron chi connectivity index (χ4n) is 3.67. The molecule has 0 unspecified atom stereocenters. The van der Waals surface area contributed by atoms with Gasteiger partial charge in [-0.3, -0.25) is 9.48 Å². The lowest BCUT2D eigenvalue weighted by molar-refractivity contribution is 0.0811. The first-order chi connectivity index (χ1) is 12.5. The SMILES string of the molecule is Cc1c(NC(=O)N2CCC[C@@H](C)[C@H]2CO)c(=O)n(-c2ccccc2)n1C. The Morgan fingerprint density at radius 2 is 2.00 bits per heavy atom. The summed E-state index contributed by atoms with van der Waals surface area (Å²) in [5.41, 5.74) is 1.42. The van der Waals surface area contributed by atoms with Gasteiger partial charge >= 0.3 is 6.03 Å². The van der Waals surface area contributed by atoms with E-state index < -0.39 is 0 Å². The van der Waals surface area contributed by atoms with Gasteiger partial charge in [-0.15, -0.1) is 0 Å². The number of benzene rings is 1. The predicted octanol–water partition coefficient (Wildman–Crippen LogP) is 2.11. The summed E-state index contributed by atoms with van der Waals surface area (Å²) in [5, 5.41) is 12.4. The van der Waals surface area contributed by atoms with Crippen molar-refractivity contribution in [3.8, 4) is 5.69 Å². The molecule has 0 aliphatic carbocycles. The number of carbonyl (C=O) groups excluding carboxylic acids is 1. The number of aliphatic hydroxyl groups is 1. The van der Waals surface area contributed by atoms with Crippen molar-refractivity contribution < 1.29 is 9.90 Å². The van der Waals surface area contributed by atoms with Crippen LogP contribution in [0, 0.1) is 12.8 Å². The summed E-state index contributed by atoms with van der Waals surface area (Å²) >= 11 is 0. The van der Waals surface area contributed by atoms with Crippen LogP contribution in [0.4, 0.5) is 10.5 Å². The molecule has 2 heterocycles. The minimum absolute atomic E-state index is 0.0728. The highest BCUT2D eigenvalue weighted by Gasteiger charge is 2.32. The van der Waals surface area contributed by atoms with Crippen molar-refractivity contribution in [1.29, 1.82) is 0 Å². The molecular weight excluding hydrogens is 332 g/mol. The highest BCUT2D eigenvalue weighted by molar-refractivity contribution is 5.90. The van der Waals surface area contributed by atoms with Gasteiger partial charge in [0.1, 0.15) is 5.69 Å². The smallest absolute Gasteiger partial charge is 0.322 e. The van der Waals surface area contributed by atoms with Crippen LogP contribution < -0.4 is 10.9 Å². The van der Waals surface area contributed by atoms with E-state index in [9.17, 15) is 14.7 Å². The molecule has 140 valence electrons. The third-order valence-corrected chi connectivity index (χ3v) is 5.35. The van der Waals surface area contributed by atoms with Crippen molar-refractivity contribution in [2.45, 2.75) is 32.7 Å². The number of nitrogens with zero attached hydrogens (tertiary/aromatic N) is 3. The highest BCUT2D eigenvalue weighted by Crippen LogP contribution is 2.24. The summed E-state index contributed by atoms with van der Waals surface area (Å²) in [5.74, 6) is 0.234. The van der Waals surface area contributed by atoms with Gasteiger partial charge in [-0.05, 0) is 37.8 Å². The van der Waals surface area contributed by atoms with E-state index in [2.05, 4.69) is 5.32 Å². The van der Waals surface area contributed by atoms with Gasteiger partial charge < -0.3 is 15.3 Å².